The topological polar surface area (TPSA) is 180 Å². The first-order valence-electron chi connectivity index (χ1n) is 12.6. The van der Waals surface area contributed by atoms with Gasteiger partial charge in [0, 0.05) is 36.6 Å². The fraction of sp³-hybridized carbons (Fsp3) is 0.250. The van der Waals surface area contributed by atoms with Crippen molar-refractivity contribution in [3.8, 4) is 0 Å². The number of nitrogen functional groups attached to an aromatic ring is 1. The number of pyridine rings is 1. The van der Waals surface area contributed by atoms with Gasteiger partial charge in [0.05, 0.1) is 37.2 Å². The number of nitrogens with one attached hydrogen (secondary N) is 2. The van der Waals surface area contributed by atoms with Crippen molar-refractivity contribution in [2.24, 2.45) is 12.8 Å². The van der Waals surface area contributed by atoms with Gasteiger partial charge in [-0.05, 0) is 54.6 Å². The molecule has 0 aliphatic carbocycles. The van der Waals surface area contributed by atoms with Crippen molar-refractivity contribution in [2.45, 2.75) is 19.1 Å². The van der Waals surface area contributed by atoms with E-state index in [1.54, 1.807) is 48.7 Å². The summed E-state index contributed by atoms with van der Waals surface area (Å²) in [5.41, 5.74) is 8.84. The number of aliphatic hydroxyl groups is 2. The number of esters is 1. The van der Waals surface area contributed by atoms with Crippen LogP contribution >= 0.6 is 0 Å². The molecule has 0 saturated carbocycles. The number of hydrogen-bond acceptors (Lipinski definition) is 9. The normalized spacial score (nSPS) is 11.0. The van der Waals surface area contributed by atoms with Gasteiger partial charge in [0.25, 0.3) is 5.91 Å². The van der Waals surface area contributed by atoms with E-state index in [2.05, 4.69) is 10.3 Å². The van der Waals surface area contributed by atoms with Crippen LogP contribution < -0.4 is 16.0 Å². The van der Waals surface area contributed by atoms with Crippen LogP contribution in [0.2, 0.25) is 0 Å². The molecule has 12 nitrogen and oxygen atoms in total. The lowest BCUT2D eigenvalue weighted by atomic mass is 10.1. The van der Waals surface area contributed by atoms with Crippen molar-refractivity contribution in [3.05, 3.63) is 83.8 Å². The second-order valence-corrected chi connectivity index (χ2v) is 9.01. The molecule has 0 aliphatic heterocycles. The Bertz CT molecular complexity index is 1480. The monoisotopic (exact) mass is 545 g/mol. The van der Waals surface area contributed by atoms with Crippen molar-refractivity contribution in [1.29, 1.82) is 5.41 Å². The molecule has 4 aromatic rings. The Morgan fingerprint density at radius 3 is 2.48 bits per heavy atom. The van der Waals surface area contributed by atoms with Crippen LogP contribution in [0.1, 0.15) is 28.2 Å². The average molecular weight is 546 g/mol. The number of rotatable bonds is 12. The molecule has 2 aromatic carbocycles. The number of aliphatic hydroxyl groups excluding tert-OH is 2. The number of nitrogens with zero attached hydrogens (tertiary/aromatic N) is 4. The summed E-state index contributed by atoms with van der Waals surface area (Å²) in [7, 11) is 1.89. The maximum absolute atomic E-state index is 13.6. The summed E-state index contributed by atoms with van der Waals surface area (Å²) in [4.78, 5) is 36.2. The van der Waals surface area contributed by atoms with Gasteiger partial charge in [-0.25, -0.2) is 9.97 Å². The third kappa shape index (κ3) is 6.60. The lowest BCUT2D eigenvalue weighted by molar-refractivity contribution is -0.153. The summed E-state index contributed by atoms with van der Waals surface area (Å²) in [6.07, 6.45) is 0.381. The molecule has 0 aliphatic rings. The Kier molecular flexibility index (Phi) is 9.04. The maximum Gasteiger partial charge on any atom is 0.308 e. The second kappa shape index (κ2) is 12.8. The van der Waals surface area contributed by atoms with Crippen LogP contribution in [0.5, 0.6) is 0 Å². The molecule has 2 heterocycles. The van der Waals surface area contributed by atoms with Crippen LogP contribution in [0.25, 0.3) is 11.0 Å². The molecule has 40 heavy (non-hydrogen) atoms. The number of carbonyl (C=O) groups is 2. The van der Waals surface area contributed by atoms with Crippen LogP contribution in [-0.2, 0) is 23.1 Å². The summed E-state index contributed by atoms with van der Waals surface area (Å²) in [6, 6.07) is 17.6. The van der Waals surface area contributed by atoms with Crippen LogP contribution in [0.4, 0.5) is 11.5 Å². The quantitative estimate of drug-likeness (QED) is 0.101. The zero-order valence-corrected chi connectivity index (χ0v) is 21.9. The van der Waals surface area contributed by atoms with Crippen LogP contribution in [0.3, 0.4) is 0 Å². The lowest BCUT2D eigenvalue weighted by Gasteiger charge is -2.22. The first-order chi connectivity index (χ1) is 19.3. The number of carbonyl (C=O) groups excluding carboxylic acids is 2. The Balaban J connectivity index is 1.52. The molecule has 0 atom stereocenters. The van der Waals surface area contributed by atoms with Gasteiger partial charge in [0.1, 0.15) is 23.6 Å². The van der Waals surface area contributed by atoms with Crippen LogP contribution in [0, 0.1) is 5.41 Å². The molecule has 0 spiro atoms. The molecule has 2 aromatic heterocycles. The standard InChI is InChI=1S/C28H31N7O5/c1-34-23-10-7-19(14-22(23)33-25(34)15-32-20-8-5-18(6-9-20)27(29)30)28(39)35(24-4-2-3-12-31-24)13-11-26(38)40-21(16-36)17-37/h2-10,12,14,21,32,36-37H,11,13,15-17H2,1H3,(H3,29,30). The van der Waals surface area contributed by atoms with Gasteiger partial charge in [-0.2, -0.15) is 0 Å². The SMILES string of the molecule is Cn1c(CNc2ccc(C(=N)N)cc2)nc2cc(C(=O)N(CCC(=O)OC(CO)CO)c3ccccn3)ccc21. The Labute approximate surface area is 230 Å². The summed E-state index contributed by atoms with van der Waals surface area (Å²) >= 11 is 0. The Morgan fingerprint density at radius 2 is 1.82 bits per heavy atom. The highest BCUT2D eigenvalue weighted by Crippen LogP contribution is 2.21. The summed E-state index contributed by atoms with van der Waals surface area (Å²) in [6.45, 7) is -0.591. The van der Waals surface area contributed by atoms with Gasteiger partial charge >= 0.3 is 5.97 Å². The molecule has 0 saturated heterocycles. The van der Waals surface area contributed by atoms with E-state index in [4.69, 9.17) is 31.1 Å². The number of imidazole rings is 1. The number of amides is 1. The summed E-state index contributed by atoms with van der Waals surface area (Å²) in [5.74, 6) is 0.0935. The minimum Gasteiger partial charge on any atom is -0.457 e. The van der Waals surface area contributed by atoms with Gasteiger partial charge in [-0.1, -0.05) is 6.07 Å². The number of nitrogens with two attached hydrogens (primary N) is 1. The zero-order chi connectivity index (χ0) is 28.6. The number of benzene rings is 2. The molecular weight excluding hydrogens is 514 g/mol. The number of aromatic nitrogens is 3. The van der Waals surface area contributed by atoms with E-state index in [9.17, 15) is 9.59 Å². The molecular formula is C28H31N7O5. The van der Waals surface area contributed by atoms with E-state index in [1.165, 1.54) is 4.90 Å². The first kappa shape index (κ1) is 28.2. The molecule has 6 N–H and O–H groups in total. The Morgan fingerprint density at radius 1 is 1.10 bits per heavy atom. The van der Waals surface area contributed by atoms with E-state index in [1.807, 2.05) is 29.8 Å². The van der Waals surface area contributed by atoms with Gasteiger partial charge in [-0.3, -0.25) is 19.9 Å². The van der Waals surface area contributed by atoms with E-state index < -0.39 is 25.3 Å². The van der Waals surface area contributed by atoms with Crippen molar-refractivity contribution >= 4 is 40.3 Å². The molecule has 4 rings (SSSR count). The van der Waals surface area contributed by atoms with Gasteiger partial charge in [0.2, 0.25) is 0 Å². The number of anilines is 2. The van der Waals surface area contributed by atoms with E-state index >= 15 is 0 Å². The van der Waals surface area contributed by atoms with Crippen LogP contribution in [-0.4, -0.2) is 68.3 Å². The predicted molar refractivity (Wildman–Crippen MR) is 150 cm³/mol. The summed E-state index contributed by atoms with van der Waals surface area (Å²) < 4.78 is 6.97. The highest BCUT2D eigenvalue weighted by molar-refractivity contribution is 6.07. The van der Waals surface area contributed by atoms with Crippen molar-refractivity contribution in [3.63, 3.8) is 0 Å². The van der Waals surface area contributed by atoms with Crippen molar-refractivity contribution in [1.82, 2.24) is 14.5 Å². The minimum atomic E-state index is -1.01. The molecule has 12 heteroatoms. The fourth-order valence-corrected chi connectivity index (χ4v) is 4.06. The predicted octanol–water partition coefficient (Wildman–Crippen LogP) is 1.80. The Hall–Kier alpha value is -4.81. The minimum absolute atomic E-state index is 0.00540. The number of hydrogen-bond donors (Lipinski definition) is 5. The second-order valence-electron chi connectivity index (χ2n) is 9.01. The largest absolute Gasteiger partial charge is 0.457 e. The number of amidine groups is 1. The average Bonchev–Trinajstić information content (AvgIpc) is 3.29. The van der Waals surface area contributed by atoms with Gasteiger partial charge < -0.3 is 30.6 Å². The number of fused-ring (bicyclic) bond motifs is 1. The number of aryl methyl sites for hydroxylation is 1. The molecule has 0 fully saturated rings. The van der Waals surface area contributed by atoms with Crippen LogP contribution in [0.15, 0.2) is 66.9 Å². The number of ether oxygens (including phenoxy) is 1. The van der Waals surface area contributed by atoms with E-state index in [0.717, 1.165) is 17.0 Å². The molecule has 1 amide bonds. The zero-order valence-electron chi connectivity index (χ0n) is 21.9. The third-order valence-corrected chi connectivity index (χ3v) is 6.28. The molecule has 0 radical (unpaired) electrons. The van der Waals surface area contributed by atoms with Gasteiger partial charge in [0.15, 0.2) is 0 Å². The highest BCUT2D eigenvalue weighted by Gasteiger charge is 2.22. The smallest absolute Gasteiger partial charge is 0.308 e. The lowest BCUT2D eigenvalue weighted by Crippen LogP contribution is -2.35. The van der Waals surface area contributed by atoms with Crippen molar-refractivity contribution in [2.75, 3.05) is 30.0 Å². The van der Waals surface area contributed by atoms with E-state index in [0.29, 0.717) is 29.0 Å². The van der Waals surface area contributed by atoms with Crippen molar-refractivity contribution < 1.29 is 24.5 Å². The molecule has 0 unspecified atom stereocenters. The maximum atomic E-state index is 13.6. The molecule has 0 bridgehead atoms. The third-order valence-electron chi connectivity index (χ3n) is 6.28. The highest BCUT2D eigenvalue weighted by atomic mass is 16.6. The summed E-state index contributed by atoms with van der Waals surface area (Å²) in [5, 5.41) is 29.1. The fourth-order valence-electron chi connectivity index (χ4n) is 4.06. The van der Waals surface area contributed by atoms with Gasteiger partial charge in [-0.15, -0.1) is 0 Å². The molecule has 208 valence electrons. The first-order valence-corrected chi connectivity index (χ1v) is 12.6. The van der Waals surface area contributed by atoms with E-state index in [-0.39, 0.29) is 24.7 Å².